The standard InChI is InChI=1S/C11H24N2O/c1-10(3-6-12)13(2)9-11-4-7-14-8-5-11/h10-11H,3-9,12H2,1-2H3. The first-order valence-corrected chi connectivity index (χ1v) is 5.72. The van der Waals surface area contributed by atoms with Crippen molar-refractivity contribution in [1.29, 1.82) is 0 Å². The topological polar surface area (TPSA) is 38.5 Å². The Bertz CT molecular complexity index is 146. The summed E-state index contributed by atoms with van der Waals surface area (Å²) in [6, 6.07) is 0.614. The summed E-state index contributed by atoms with van der Waals surface area (Å²) in [7, 11) is 2.20. The third-order valence-corrected chi connectivity index (χ3v) is 3.22. The fraction of sp³-hybridized carbons (Fsp3) is 1.00. The van der Waals surface area contributed by atoms with Gasteiger partial charge in [-0.25, -0.2) is 0 Å². The molecule has 84 valence electrons. The summed E-state index contributed by atoms with van der Waals surface area (Å²) in [6.07, 6.45) is 3.54. The molecule has 2 N–H and O–H groups in total. The molecule has 1 rings (SSSR count). The summed E-state index contributed by atoms with van der Waals surface area (Å²) >= 11 is 0. The van der Waals surface area contributed by atoms with Crippen molar-refractivity contribution in [3.8, 4) is 0 Å². The summed E-state index contributed by atoms with van der Waals surface area (Å²) < 4.78 is 5.35. The maximum Gasteiger partial charge on any atom is 0.0469 e. The molecule has 1 aliphatic rings. The van der Waals surface area contributed by atoms with Gasteiger partial charge in [0.15, 0.2) is 0 Å². The molecule has 0 radical (unpaired) electrons. The Labute approximate surface area is 87.6 Å². The van der Waals surface area contributed by atoms with Crippen LogP contribution in [0.15, 0.2) is 0 Å². The van der Waals surface area contributed by atoms with E-state index in [1.54, 1.807) is 0 Å². The Morgan fingerprint density at radius 3 is 2.64 bits per heavy atom. The molecule has 1 atom stereocenters. The summed E-state index contributed by atoms with van der Waals surface area (Å²) in [5, 5.41) is 0. The largest absolute Gasteiger partial charge is 0.381 e. The van der Waals surface area contributed by atoms with Crippen LogP contribution in [0.4, 0.5) is 0 Å². The second-order valence-electron chi connectivity index (χ2n) is 4.42. The van der Waals surface area contributed by atoms with E-state index in [4.69, 9.17) is 10.5 Å². The Balaban J connectivity index is 2.20. The monoisotopic (exact) mass is 200 g/mol. The van der Waals surface area contributed by atoms with E-state index >= 15 is 0 Å². The van der Waals surface area contributed by atoms with E-state index < -0.39 is 0 Å². The van der Waals surface area contributed by atoms with Gasteiger partial charge in [-0.05, 0) is 45.7 Å². The Morgan fingerprint density at radius 1 is 1.43 bits per heavy atom. The zero-order valence-corrected chi connectivity index (χ0v) is 9.54. The highest BCUT2D eigenvalue weighted by Crippen LogP contribution is 2.16. The van der Waals surface area contributed by atoms with Gasteiger partial charge in [-0.15, -0.1) is 0 Å². The molecule has 1 saturated heterocycles. The molecule has 0 aromatic rings. The van der Waals surface area contributed by atoms with Crippen LogP contribution in [0.5, 0.6) is 0 Å². The van der Waals surface area contributed by atoms with Gasteiger partial charge in [-0.1, -0.05) is 0 Å². The van der Waals surface area contributed by atoms with E-state index in [9.17, 15) is 0 Å². The van der Waals surface area contributed by atoms with Gasteiger partial charge in [-0.2, -0.15) is 0 Å². The Kier molecular flexibility index (Phi) is 5.45. The summed E-state index contributed by atoms with van der Waals surface area (Å²) in [4.78, 5) is 2.43. The number of rotatable bonds is 5. The Hall–Kier alpha value is -0.120. The van der Waals surface area contributed by atoms with E-state index in [0.717, 1.165) is 32.1 Å². The van der Waals surface area contributed by atoms with Crippen LogP contribution in [0.2, 0.25) is 0 Å². The molecule has 0 aliphatic carbocycles. The predicted octanol–water partition coefficient (Wildman–Crippen LogP) is 1.08. The van der Waals surface area contributed by atoms with Gasteiger partial charge in [0, 0.05) is 25.8 Å². The minimum absolute atomic E-state index is 0.614. The average Bonchev–Trinajstić information content (AvgIpc) is 2.19. The lowest BCUT2D eigenvalue weighted by Crippen LogP contribution is -2.36. The van der Waals surface area contributed by atoms with Crippen LogP contribution >= 0.6 is 0 Å². The number of hydrogen-bond donors (Lipinski definition) is 1. The van der Waals surface area contributed by atoms with E-state index in [0.29, 0.717) is 6.04 Å². The van der Waals surface area contributed by atoms with Gasteiger partial charge in [0.2, 0.25) is 0 Å². The molecule has 1 unspecified atom stereocenters. The number of nitrogens with zero attached hydrogens (tertiary/aromatic N) is 1. The quantitative estimate of drug-likeness (QED) is 0.722. The van der Waals surface area contributed by atoms with E-state index in [1.165, 1.54) is 19.4 Å². The van der Waals surface area contributed by atoms with Crippen molar-refractivity contribution in [3.63, 3.8) is 0 Å². The van der Waals surface area contributed by atoms with Crippen molar-refractivity contribution in [3.05, 3.63) is 0 Å². The maximum atomic E-state index is 5.55. The van der Waals surface area contributed by atoms with Crippen molar-refractivity contribution >= 4 is 0 Å². The first-order valence-electron chi connectivity index (χ1n) is 5.72. The van der Waals surface area contributed by atoms with Gasteiger partial charge in [0.25, 0.3) is 0 Å². The third-order valence-electron chi connectivity index (χ3n) is 3.22. The first-order chi connectivity index (χ1) is 6.74. The molecule has 1 aliphatic heterocycles. The normalized spacial score (nSPS) is 21.4. The van der Waals surface area contributed by atoms with Gasteiger partial charge in [0.05, 0.1) is 0 Å². The highest BCUT2D eigenvalue weighted by molar-refractivity contribution is 4.71. The van der Waals surface area contributed by atoms with Crippen LogP contribution in [-0.4, -0.2) is 44.3 Å². The van der Waals surface area contributed by atoms with Crippen molar-refractivity contribution < 1.29 is 4.74 Å². The molecule has 14 heavy (non-hydrogen) atoms. The van der Waals surface area contributed by atoms with E-state index in [1.807, 2.05) is 0 Å². The molecule has 0 aromatic carbocycles. The number of nitrogens with two attached hydrogens (primary N) is 1. The summed E-state index contributed by atoms with van der Waals surface area (Å²) in [6.45, 7) is 6.14. The lowest BCUT2D eigenvalue weighted by molar-refractivity contribution is 0.0510. The summed E-state index contributed by atoms with van der Waals surface area (Å²) in [5.41, 5.74) is 5.55. The lowest BCUT2D eigenvalue weighted by atomic mass is 9.99. The highest BCUT2D eigenvalue weighted by Gasteiger charge is 2.17. The molecule has 0 aromatic heterocycles. The van der Waals surface area contributed by atoms with Crippen LogP contribution in [0.1, 0.15) is 26.2 Å². The molecule has 1 fully saturated rings. The zero-order chi connectivity index (χ0) is 10.4. The second kappa shape index (κ2) is 6.38. The number of hydrogen-bond acceptors (Lipinski definition) is 3. The molecule has 0 bridgehead atoms. The molecule has 3 heteroatoms. The minimum atomic E-state index is 0.614. The van der Waals surface area contributed by atoms with Crippen LogP contribution < -0.4 is 5.73 Å². The average molecular weight is 200 g/mol. The first kappa shape index (κ1) is 12.0. The van der Waals surface area contributed by atoms with Crippen LogP contribution in [-0.2, 0) is 4.74 Å². The molecular formula is C11H24N2O. The Morgan fingerprint density at radius 2 is 2.07 bits per heavy atom. The fourth-order valence-electron chi connectivity index (χ4n) is 1.98. The number of ether oxygens (including phenoxy) is 1. The SMILES string of the molecule is CC(CCN)N(C)CC1CCOCC1. The van der Waals surface area contributed by atoms with Crippen molar-refractivity contribution in [2.75, 3.05) is 33.4 Å². The molecular weight excluding hydrogens is 176 g/mol. The fourth-order valence-corrected chi connectivity index (χ4v) is 1.98. The van der Waals surface area contributed by atoms with Gasteiger partial charge < -0.3 is 15.4 Å². The van der Waals surface area contributed by atoms with Gasteiger partial charge in [0.1, 0.15) is 0 Å². The van der Waals surface area contributed by atoms with Crippen molar-refractivity contribution in [2.45, 2.75) is 32.2 Å². The molecule has 0 spiro atoms. The minimum Gasteiger partial charge on any atom is -0.381 e. The molecule has 0 amide bonds. The van der Waals surface area contributed by atoms with E-state index in [-0.39, 0.29) is 0 Å². The van der Waals surface area contributed by atoms with E-state index in [2.05, 4.69) is 18.9 Å². The molecule has 0 saturated carbocycles. The highest BCUT2D eigenvalue weighted by atomic mass is 16.5. The third kappa shape index (κ3) is 3.95. The smallest absolute Gasteiger partial charge is 0.0469 e. The van der Waals surface area contributed by atoms with Crippen molar-refractivity contribution in [2.24, 2.45) is 11.7 Å². The van der Waals surface area contributed by atoms with Crippen LogP contribution in [0, 0.1) is 5.92 Å². The van der Waals surface area contributed by atoms with Crippen molar-refractivity contribution in [1.82, 2.24) is 4.90 Å². The molecule has 3 nitrogen and oxygen atoms in total. The lowest BCUT2D eigenvalue weighted by Gasteiger charge is -2.30. The predicted molar refractivity (Wildman–Crippen MR) is 59.3 cm³/mol. The van der Waals surface area contributed by atoms with Gasteiger partial charge in [-0.3, -0.25) is 0 Å². The van der Waals surface area contributed by atoms with Gasteiger partial charge >= 0.3 is 0 Å². The molecule has 1 heterocycles. The van der Waals surface area contributed by atoms with Crippen LogP contribution in [0.25, 0.3) is 0 Å². The maximum absolute atomic E-state index is 5.55. The summed E-state index contributed by atoms with van der Waals surface area (Å²) in [5.74, 6) is 0.828. The van der Waals surface area contributed by atoms with Crippen LogP contribution in [0.3, 0.4) is 0 Å². The zero-order valence-electron chi connectivity index (χ0n) is 9.54. The second-order valence-corrected chi connectivity index (χ2v) is 4.42.